The average Bonchev–Trinajstić information content (AvgIpc) is 3.02. The van der Waals surface area contributed by atoms with Crippen LogP contribution in [0.4, 0.5) is 0 Å². The molecule has 0 bridgehead atoms. The van der Waals surface area contributed by atoms with Gasteiger partial charge in [-0.2, -0.15) is 0 Å². The van der Waals surface area contributed by atoms with Crippen molar-refractivity contribution in [1.82, 2.24) is 0 Å². The molecule has 0 aromatic rings. The monoisotopic (exact) mass is 380 g/mol. The van der Waals surface area contributed by atoms with E-state index in [1.165, 1.54) is 44.9 Å². The second-order valence-corrected chi connectivity index (χ2v) is 11.8. The Morgan fingerprint density at radius 2 is 1.75 bits per heavy atom. The lowest BCUT2D eigenvalue weighted by Crippen LogP contribution is -2.49. The summed E-state index contributed by atoms with van der Waals surface area (Å²) in [4.78, 5) is 0. The van der Waals surface area contributed by atoms with E-state index < -0.39 is 0 Å². The predicted octanol–water partition coefficient (Wildman–Crippen LogP) is 8.22. The molecular formula is C28H44. The molecule has 0 aromatic heterocycles. The van der Waals surface area contributed by atoms with Gasteiger partial charge in [0.1, 0.15) is 0 Å². The molecule has 4 aliphatic rings. The SMILES string of the molecule is CC(C)[C@@H](C)CC[C@@H](C)[C@H]1CC[C@H]2[C@@H]3CC=C4C=CC=C[C@]4(C)[C@H]3CC[C@]12C. The molecule has 0 N–H and O–H groups in total. The molecule has 28 heavy (non-hydrogen) atoms. The summed E-state index contributed by atoms with van der Waals surface area (Å²) in [6.07, 6.45) is 22.2. The fraction of sp³-hybridized carbons (Fsp3) is 0.786. The van der Waals surface area contributed by atoms with E-state index in [-0.39, 0.29) is 0 Å². The lowest BCUT2D eigenvalue weighted by atomic mass is 9.48. The second-order valence-electron chi connectivity index (χ2n) is 11.8. The molecule has 0 heterocycles. The van der Waals surface area contributed by atoms with E-state index in [4.69, 9.17) is 0 Å². The Labute approximate surface area is 175 Å². The number of allylic oxidation sites excluding steroid dienone is 6. The van der Waals surface area contributed by atoms with Crippen molar-refractivity contribution in [1.29, 1.82) is 0 Å². The fourth-order valence-electron chi connectivity index (χ4n) is 7.98. The zero-order valence-electron chi connectivity index (χ0n) is 19.4. The number of rotatable bonds is 5. The first-order valence-electron chi connectivity index (χ1n) is 12.3. The van der Waals surface area contributed by atoms with Gasteiger partial charge in [0, 0.05) is 5.41 Å². The summed E-state index contributed by atoms with van der Waals surface area (Å²) in [6.45, 7) is 15.1. The molecule has 4 aliphatic carbocycles. The molecule has 0 nitrogen and oxygen atoms in total. The van der Waals surface area contributed by atoms with Gasteiger partial charge in [-0.05, 0) is 84.5 Å². The molecule has 0 saturated heterocycles. The minimum atomic E-state index is 0.301. The summed E-state index contributed by atoms with van der Waals surface area (Å²) in [5, 5.41) is 0. The van der Waals surface area contributed by atoms with Crippen molar-refractivity contribution in [3.05, 3.63) is 36.0 Å². The van der Waals surface area contributed by atoms with Crippen molar-refractivity contribution in [3.63, 3.8) is 0 Å². The molecule has 2 saturated carbocycles. The number of fused-ring (bicyclic) bond motifs is 5. The van der Waals surface area contributed by atoms with Crippen LogP contribution in [0.25, 0.3) is 0 Å². The number of hydrogen-bond acceptors (Lipinski definition) is 0. The lowest BCUT2D eigenvalue weighted by Gasteiger charge is -2.56. The maximum Gasteiger partial charge on any atom is 0.0135 e. The van der Waals surface area contributed by atoms with E-state index in [0.29, 0.717) is 10.8 Å². The largest absolute Gasteiger partial charge is 0.0801 e. The van der Waals surface area contributed by atoms with Crippen molar-refractivity contribution < 1.29 is 0 Å². The van der Waals surface area contributed by atoms with Crippen LogP contribution in [0, 0.1) is 52.3 Å². The van der Waals surface area contributed by atoms with Crippen molar-refractivity contribution in [2.45, 2.75) is 86.5 Å². The fourth-order valence-corrected chi connectivity index (χ4v) is 7.98. The summed E-state index contributed by atoms with van der Waals surface area (Å²) in [6, 6.07) is 0. The van der Waals surface area contributed by atoms with Gasteiger partial charge in [0.15, 0.2) is 0 Å². The highest BCUT2D eigenvalue weighted by atomic mass is 14.6. The molecule has 4 rings (SSSR count). The Morgan fingerprint density at radius 1 is 0.964 bits per heavy atom. The summed E-state index contributed by atoms with van der Waals surface area (Å²) >= 11 is 0. The lowest BCUT2D eigenvalue weighted by molar-refractivity contribution is -0.0323. The van der Waals surface area contributed by atoms with E-state index in [1.807, 2.05) is 0 Å². The van der Waals surface area contributed by atoms with Crippen molar-refractivity contribution in [3.8, 4) is 0 Å². The molecule has 2 fully saturated rings. The van der Waals surface area contributed by atoms with Crippen LogP contribution in [0.1, 0.15) is 86.5 Å². The highest BCUT2D eigenvalue weighted by molar-refractivity contribution is 5.41. The van der Waals surface area contributed by atoms with Crippen LogP contribution in [0.3, 0.4) is 0 Å². The van der Waals surface area contributed by atoms with Gasteiger partial charge < -0.3 is 0 Å². The summed E-state index contributed by atoms with van der Waals surface area (Å²) < 4.78 is 0. The summed E-state index contributed by atoms with van der Waals surface area (Å²) in [7, 11) is 0. The molecular weight excluding hydrogens is 336 g/mol. The maximum absolute atomic E-state index is 2.70. The Balaban J connectivity index is 1.50. The molecule has 0 amide bonds. The quantitative estimate of drug-likeness (QED) is 0.450. The highest BCUT2D eigenvalue weighted by Gasteiger charge is 2.58. The third-order valence-electron chi connectivity index (χ3n) is 10.2. The van der Waals surface area contributed by atoms with E-state index in [0.717, 1.165) is 41.4 Å². The Hall–Kier alpha value is -0.780. The first kappa shape index (κ1) is 20.5. The number of hydrogen-bond donors (Lipinski definition) is 0. The molecule has 0 spiro atoms. The van der Waals surface area contributed by atoms with Gasteiger partial charge in [-0.1, -0.05) is 84.8 Å². The smallest absolute Gasteiger partial charge is 0.0135 e. The van der Waals surface area contributed by atoms with Crippen LogP contribution >= 0.6 is 0 Å². The van der Waals surface area contributed by atoms with Crippen LogP contribution in [0.2, 0.25) is 0 Å². The van der Waals surface area contributed by atoms with E-state index in [2.05, 4.69) is 71.9 Å². The Kier molecular flexibility index (Phi) is 5.47. The summed E-state index contributed by atoms with van der Waals surface area (Å²) in [5.41, 5.74) is 2.50. The van der Waals surface area contributed by atoms with Crippen LogP contribution in [0.15, 0.2) is 36.0 Å². The third-order valence-corrected chi connectivity index (χ3v) is 10.2. The Bertz CT molecular complexity index is 664. The van der Waals surface area contributed by atoms with Gasteiger partial charge in [-0.25, -0.2) is 0 Å². The first-order valence-corrected chi connectivity index (χ1v) is 12.3. The van der Waals surface area contributed by atoms with Crippen LogP contribution in [-0.4, -0.2) is 0 Å². The molecule has 0 unspecified atom stereocenters. The maximum atomic E-state index is 2.70. The topological polar surface area (TPSA) is 0 Å². The van der Waals surface area contributed by atoms with Gasteiger partial charge in [-0.3, -0.25) is 0 Å². The molecule has 156 valence electrons. The standard InChI is InChI=1S/C28H44/c1-19(2)20(3)10-11-21(4)24-14-15-25-23-13-12-22-9-7-8-17-27(22,5)26(23)16-18-28(24,25)6/h7-9,12,17,19-21,23-26H,10-11,13-16,18H2,1-6H3/t20-,21+,23-,24+,25-,26-,27-,28+/m0/s1. The molecule has 0 aliphatic heterocycles. The third kappa shape index (κ3) is 3.18. The molecule has 0 radical (unpaired) electrons. The van der Waals surface area contributed by atoms with Gasteiger partial charge in [0.25, 0.3) is 0 Å². The van der Waals surface area contributed by atoms with E-state index in [9.17, 15) is 0 Å². The predicted molar refractivity (Wildman–Crippen MR) is 122 cm³/mol. The van der Waals surface area contributed by atoms with Crippen molar-refractivity contribution in [2.75, 3.05) is 0 Å². The zero-order chi connectivity index (χ0) is 20.1. The normalized spacial score (nSPS) is 43.9. The van der Waals surface area contributed by atoms with Crippen LogP contribution < -0.4 is 0 Å². The van der Waals surface area contributed by atoms with E-state index in [1.54, 1.807) is 5.57 Å². The van der Waals surface area contributed by atoms with Crippen LogP contribution in [0.5, 0.6) is 0 Å². The molecule has 8 atom stereocenters. The average molecular weight is 381 g/mol. The van der Waals surface area contributed by atoms with Gasteiger partial charge in [-0.15, -0.1) is 0 Å². The molecule has 0 aromatic carbocycles. The first-order chi connectivity index (χ1) is 13.3. The van der Waals surface area contributed by atoms with Crippen molar-refractivity contribution >= 4 is 0 Å². The van der Waals surface area contributed by atoms with E-state index >= 15 is 0 Å². The molecule has 0 heteroatoms. The van der Waals surface area contributed by atoms with Gasteiger partial charge in [0.05, 0.1) is 0 Å². The zero-order valence-corrected chi connectivity index (χ0v) is 19.4. The Morgan fingerprint density at radius 3 is 2.50 bits per heavy atom. The second kappa shape index (κ2) is 7.48. The summed E-state index contributed by atoms with van der Waals surface area (Å²) in [5.74, 6) is 6.29. The minimum absolute atomic E-state index is 0.301. The van der Waals surface area contributed by atoms with Crippen molar-refractivity contribution in [2.24, 2.45) is 52.3 Å². The van der Waals surface area contributed by atoms with Crippen LogP contribution in [-0.2, 0) is 0 Å². The highest BCUT2D eigenvalue weighted by Crippen LogP contribution is 2.66. The van der Waals surface area contributed by atoms with Gasteiger partial charge >= 0.3 is 0 Å². The van der Waals surface area contributed by atoms with Gasteiger partial charge in [0.2, 0.25) is 0 Å². The minimum Gasteiger partial charge on any atom is -0.0801 e.